The molecule has 4 unspecified atom stereocenters. The minimum absolute atomic E-state index is 0.00924. The smallest absolute Gasteiger partial charge is 0.363 e. The summed E-state index contributed by atoms with van der Waals surface area (Å²) in [5, 5.41) is 8.20. The van der Waals surface area contributed by atoms with Crippen LogP contribution in [0.1, 0.15) is 98.8 Å². The standard InChI is InChI=1S/C27H43N5O6.C3H5F3/c1-15(20(33)23(28)35)29-24(36)18-11-8-14-32(18)25(37)22(27(2,3)4)31-26(38)30-19(21(34)17-12-13-17)16-9-6-5-7-10-16;1-2-3(4,5)6/h15-19,22H,5-14H2,1-4H3,(H2,28,35)(H,29,36)(H2,30,31,38);2H2,1H3. The van der Waals surface area contributed by atoms with E-state index in [2.05, 4.69) is 16.0 Å². The van der Waals surface area contributed by atoms with E-state index in [1.54, 1.807) is 0 Å². The number of primary amides is 1. The summed E-state index contributed by atoms with van der Waals surface area (Å²) < 4.78 is 32.4. The summed E-state index contributed by atoms with van der Waals surface area (Å²) in [6.07, 6.45) is 2.98. The molecule has 0 bridgehead atoms. The van der Waals surface area contributed by atoms with Gasteiger partial charge in [0.25, 0.3) is 5.91 Å². The molecule has 14 heteroatoms. The van der Waals surface area contributed by atoms with Crippen LogP contribution in [0.3, 0.4) is 0 Å². The topological polar surface area (TPSA) is 168 Å². The summed E-state index contributed by atoms with van der Waals surface area (Å²) >= 11 is 0. The van der Waals surface area contributed by atoms with Crippen molar-refractivity contribution >= 4 is 35.3 Å². The minimum Gasteiger partial charge on any atom is -0.363 e. The first-order valence-electron chi connectivity index (χ1n) is 15.5. The Labute approximate surface area is 257 Å². The molecule has 1 aliphatic heterocycles. The number of halogens is 3. The molecule has 3 rings (SSSR count). The fourth-order valence-corrected chi connectivity index (χ4v) is 5.53. The molecule has 0 spiro atoms. The highest BCUT2D eigenvalue weighted by Gasteiger charge is 2.44. The van der Waals surface area contributed by atoms with Crippen LogP contribution in [0.25, 0.3) is 0 Å². The second-order valence-corrected chi connectivity index (χ2v) is 13.1. The van der Waals surface area contributed by atoms with Crippen molar-refractivity contribution in [2.75, 3.05) is 6.54 Å². The van der Waals surface area contributed by atoms with Gasteiger partial charge in [-0.1, -0.05) is 47.0 Å². The lowest BCUT2D eigenvalue weighted by molar-refractivity contribution is -0.143. The minimum atomic E-state index is -3.96. The molecule has 0 radical (unpaired) electrons. The number of hydrogen-bond donors (Lipinski definition) is 4. The van der Waals surface area contributed by atoms with Gasteiger partial charge in [0.05, 0.1) is 12.1 Å². The molecule has 0 aromatic heterocycles. The van der Waals surface area contributed by atoms with Gasteiger partial charge < -0.3 is 26.6 Å². The summed E-state index contributed by atoms with van der Waals surface area (Å²) in [5.74, 6) is -2.84. The first kappa shape index (κ1) is 37.0. The number of carbonyl (C=O) groups excluding carboxylic acids is 6. The molecule has 1 heterocycles. The zero-order valence-corrected chi connectivity index (χ0v) is 26.4. The Hall–Kier alpha value is -3.19. The van der Waals surface area contributed by atoms with E-state index in [1.165, 1.54) is 11.8 Å². The number of amides is 5. The molecule has 0 aromatic rings. The number of rotatable bonds is 10. The average molecular weight is 632 g/mol. The lowest BCUT2D eigenvalue weighted by Gasteiger charge is -2.36. The number of likely N-dealkylation sites (tertiary alicyclic amines) is 1. The second-order valence-electron chi connectivity index (χ2n) is 13.1. The van der Waals surface area contributed by atoms with Crippen molar-refractivity contribution in [3.8, 4) is 0 Å². The van der Waals surface area contributed by atoms with Crippen molar-refractivity contribution in [3.63, 3.8) is 0 Å². The van der Waals surface area contributed by atoms with Crippen molar-refractivity contribution in [1.29, 1.82) is 0 Å². The fraction of sp³-hybridized carbons (Fsp3) is 0.800. The van der Waals surface area contributed by atoms with Gasteiger partial charge in [-0.15, -0.1) is 0 Å². The summed E-state index contributed by atoms with van der Waals surface area (Å²) in [6, 6.07) is -4.03. The van der Waals surface area contributed by atoms with Crippen molar-refractivity contribution < 1.29 is 41.9 Å². The van der Waals surface area contributed by atoms with E-state index in [1.807, 2.05) is 20.8 Å². The zero-order chi connectivity index (χ0) is 33.4. The maximum atomic E-state index is 13.7. The highest BCUT2D eigenvalue weighted by molar-refractivity contribution is 6.37. The number of nitrogens with zero attached hydrogens (tertiary/aromatic N) is 1. The summed E-state index contributed by atoms with van der Waals surface area (Å²) in [6.45, 7) is 8.23. The van der Waals surface area contributed by atoms with Crippen molar-refractivity contribution in [1.82, 2.24) is 20.9 Å². The number of Topliss-reactive ketones (excluding diaryl/α,β-unsaturated/α-hetero) is 2. The van der Waals surface area contributed by atoms with Crippen molar-refractivity contribution in [3.05, 3.63) is 0 Å². The Morgan fingerprint density at radius 2 is 1.43 bits per heavy atom. The number of ketones is 2. The Morgan fingerprint density at radius 3 is 1.91 bits per heavy atom. The van der Waals surface area contributed by atoms with Crippen LogP contribution in [0.4, 0.5) is 18.0 Å². The number of nitrogens with two attached hydrogens (primary N) is 1. The Bertz CT molecular complexity index is 1070. The largest absolute Gasteiger partial charge is 0.388 e. The van der Waals surface area contributed by atoms with Gasteiger partial charge in [-0.3, -0.25) is 24.0 Å². The molecule has 5 amide bonds. The van der Waals surface area contributed by atoms with Gasteiger partial charge in [0.15, 0.2) is 5.78 Å². The monoisotopic (exact) mass is 631 g/mol. The van der Waals surface area contributed by atoms with E-state index in [9.17, 15) is 41.9 Å². The normalized spacial score (nSPS) is 21.2. The number of nitrogens with one attached hydrogen (secondary N) is 3. The number of carbonyl (C=O) groups is 6. The van der Waals surface area contributed by atoms with E-state index >= 15 is 0 Å². The fourth-order valence-electron chi connectivity index (χ4n) is 5.53. The average Bonchev–Trinajstić information content (AvgIpc) is 3.68. The third-order valence-electron chi connectivity index (χ3n) is 8.32. The first-order valence-corrected chi connectivity index (χ1v) is 15.5. The lowest BCUT2D eigenvalue weighted by Crippen LogP contribution is -2.61. The van der Waals surface area contributed by atoms with E-state index in [-0.39, 0.29) is 17.6 Å². The lowest BCUT2D eigenvalue weighted by atomic mass is 9.81. The molecule has 0 aromatic carbocycles. The van der Waals surface area contributed by atoms with Gasteiger partial charge in [-0.25, -0.2) is 4.79 Å². The Morgan fingerprint density at radius 1 is 0.864 bits per heavy atom. The molecule has 44 heavy (non-hydrogen) atoms. The van der Waals surface area contributed by atoms with Crippen LogP contribution >= 0.6 is 0 Å². The van der Waals surface area contributed by atoms with E-state index in [0.29, 0.717) is 19.4 Å². The zero-order valence-electron chi connectivity index (χ0n) is 26.4. The molecule has 250 valence electrons. The Kier molecular flexibility index (Phi) is 13.2. The first-order chi connectivity index (χ1) is 20.4. The predicted octanol–water partition coefficient (Wildman–Crippen LogP) is 3.14. The highest BCUT2D eigenvalue weighted by atomic mass is 19.4. The van der Waals surface area contributed by atoms with Crippen LogP contribution < -0.4 is 21.7 Å². The Balaban J connectivity index is 0.00000102. The summed E-state index contributed by atoms with van der Waals surface area (Å²) in [7, 11) is 0. The number of urea groups is 1. The predicted molar refractivity (Wildman–Crippen MR) is 156 cm³/mol. The van der Waals surface area contributed by atoms with E-state index < -0.39 is 71.7 Å². The number of alkyl halides is 3. The van der Waals surface area contributed by atoms with E-state index in [0.717, 1.165) is 51.9 Å². The van der Waals surface area contributed by atoms with Crippen molar-refractivity contribution in [2.24, 2.45) is 23.0 Å². The quantitative estimate of drug-likeness (QED) is 0.270. The highest BCUT2D eigenvalue weighted by Crippen LogP contribution is 2.35. The van der Waals surface area contributed by atoms with Gasteiger partial charge in [0.2, 0.25) is 17.6 Å². The molecular weight excluding hydrogens is 583 g/mol. The summed E-state index contributed by atoms with van der Waals surface area (Å²) in [5.41, 5.74) is 4.34. The van der Waals surface area contributed by atoms with Gasteiger partial charge >= 0.3 is 12.2 Å². The van der Waals surface area contributed by atoms with Crippen LogP contribution in [0.5, 0.6) is 0 Å². The van der Waals surface area contributed by atoms with Crippen molar-refractivity contribution in [2.45, 2.75) is 129 Å². The molecule has 5 N–H and O–H groups in total. The van der Waals surface area contributed by atoms with E-state index in [4.69, 9.17) is 5.73 Å². The summed E-state index contributed by atoms with van der Waals surface area (Å²) in [4.78, 5) is 77.3. The molecular formula is C30H48F3N5O6. The third-order valence-corrected chi connectivity index (χ3v) is 8.32. The molecule has 4 atom stereocenters. The molecule has 2 saturated carbocycles. The van der Waals surface area contributed by atoms with Gasteiger partial charge in [-0.05, 0) is 56.8 Å². The third kappa shape index (κ3) is 11.1. The molecule has 3 fully saturated rings. The molecule has 2 aliphatic carbocycles. The van der Waals surface area contributed by atoms with Crippen LogP contribution in [0, 0.1) is 17.3 Å². The maximum absolute atomic E-state index is 13.7. The molecule has 1 saturated heterocycles. The van der Waals surface area contributed by atoms with Crippen LogP contribution in [0.2, 0.25) is 0 Å². The SMILES string of the molecule is CC(NC(=O)C1CCCN1C(=O)C(NC(=O)NC(C(=O)C1CC1)C1CCCCC1)C(C)(C)C)C(=O)C(N)=O.CCC(F)(F)F. The maximum Gasteiger partial charge on any atom is 0.388 e. The van der Waals surface area contributed by atoms with Crippen LogP contribution in [-0.2, 0) is 24.0 Å². The van der Waals surface area contributed by atoms with Gasteiger partial charge in [0.1, 0.15) is 12.1 Å². The van der Waals surface area contributed by atoms with Gasteiger partial charge in [-0.2, -0.15) is 13.2 Å². The second kappa shape index (κ2) is 15.7. The number of hydrogen-bond acceptors (Lipinski definition) is 6. The van der Waals surface area contributed by atoms with Crippen LogP contribution in [0.15, 0.2) is 0 Å². The molecule has 3 aliphatic rings. The molecule has 11 nitrogen and oxygen atoms in total. The van der Waals surface area contributed by atoms with Crippen LogP contribution in [-0.4, -0.2) is 77.1 Å². The van der Waals surface area contributed by atoms with Gasteiger partial charge in [0, 0.05) is 18.9 Å².